The van der Waals surface area contributed by atoms with Crippen LogP contribution in [0.4, 0.5) is 5.69 Å². The predicted octanol–water partition coefficient (Wildman–Crippen LogP) is 1.45. The number of ether oxygens (including phenoxy) is 3. The SMILES string of the molecule is CC1(C)OC(=O)C(=Cc2ccc(N3CCOCC3)cc2O)C(=O)O1. The van der Waals surface area contributed by atoms with Crippen molar-refractivity contribution in [3.8, 4) is 5.75 Å². The minimum Gasteiger partial charge on any atom is -0.507 e. The van der Waals surface area contributed by atoms with Crippen molar-refractivity contribution < 1.29 is 28.9 Å². The van der Waals surface area contributed by atoms with E-state index in [0.29, 0.717) is 18.8 Å². The number of phenols is 1. The summed E-state index contributed by atoms with van der Waals surface area (Å²) in [6, 6.07) is 5.06. The standard InChI is InChI=1S/C17H19NO6/c1-17(2)23-15(20)13(16(21)24-17)9-11-3-4-12(10-14(11)19)18-5-7-22-8-6-18/h3-4,9-10,19H,5-8H2,1-2H3. The van der Waals surface area contributed by atoms with Crippen LogP contribution in [0.1, 0.15) is 19.4 Å². The molecule has 0 radical (unpaired) electrons. The number of hydrogen-bond acceptors (Lipinski definition) is 7. The number of aromatic hydroxyl groups is 1. The molecule has 1 N–H and O–H groups in total. The molecule has 7 nitrogen and oxygen atoms in total. The number of nitrogens with zero attached hydrogens (tertiary/aromatic N) is 1. The van der Waals surface area contributed by atoms with Crippen LogP contribution in [-0.2, 0) is 23.8 Å². The molecule has 2 fully saturated rings. The Bertz CT molecular complexity index is 681. The van der Waals surface area contributed by atoms with Gasteiger partial charge in [0, 0.05) is 44.3 Å². The molecule has 0 amide bonds. The van der Waals surface area contributed by atoms with Crippen LogP contribution in [0.15, 0.2) is 23.8 Å². The Morgan fingerprint density at radius 3 is 2.33 bits per heavy atom. The first-order valence-electron chi connectivity index (χ1n) is 7.70. The van der Waals surface area contributed by atoms with E-state index in [1.807, 2.05) is 6.07 Å². The summed E-state index contributed by atoms with van der Waals surface area (Å²) in [5.74, 6) is -2.86. The summed E-state index contributed by atoms with van der Waals surface area (Å²) in [5, 5.41) is 10.2. The zero-order valence-corrected chi connectivity index (χ0v) is 13.6. The van der Waals surface area contributed by atoms with Gasteiger partial charge in [0.2, 0.25) is 0 Å². The molecule has 0 spiro atoms. The van der Waals surface area contributed by atoms with Crippen molar-refractivity contribution in [2.45, 2.75) is 19.6 Å². The van der Waals surface area contributed by atoms with Gasteiger partial charge in [-0.05, 0) is 18.2 Å². The fourth-order valence-electron chi connectivity index (χ4n) is 2.61. The van der Waals surface area contributed by atoms with Gasteiger partial charge in [0.05, 0.1) is 13.2 Å². The maximum absolute atomic E-state index is 12.0. The van der Waals surface area contributed by atoms with Crippen LogP contribution in [0.5, 0.6) is 5.75 Å². The highest BCUT2D eigenvalue weighted by atomic mass is 16.7. The highest BCUT2D eigenvalue weighted by molar-refractivity contribution is 6.19. The van der Waals surface area contributed by atoms with Crippen molar-refractivity contribution in [1.82, 2.24) is 0 Å². The van der Waals surface area contributed by atoms with Crippen LogP contribution in [-0.4, -0.2) is 49.1 Å². The molecule has 2 aliphatic heterocycles. The molecule has 2 heterocycles. The van der Waals surface area contributed by atoms with Crippen LogP contribution in [0.25, 0.3) is 6.08 Å². The Labute approximate surface area is 139 Å². The quantitative estimate of drug-likeness (QED) is 0.498. The van der Waals surface area contributed by atoms with E-state index in [-0.39, 0.29) is 11.3 Å². The van der Waals surface area contributed by atoms with Gasteiger partial charge in [-0.2, -0.15) is 0 Å². The number of carbonyl (C=O) groups excluding carboxylic acids is 2. The van der Waals surface area contributed by atoms with Gasteiger partial charge in [-0.15, -0.1) is 0 Å². The second kappa shape index (κ2) is 6.16. The van der Waals surface area contributed by atoms with Crippen molar-refractivity contribution in [2.24, 2.45) is 0 Å². The Kier molecular flexibility index (Phi) is 4.19. The van der Waals surface area contributed by atoms with E-state index in [2.05, 4.69) is 4.90 Å². The summed E-state index contributed by atoms with van der Waals surface area (Å²) in [7, 11) is 0. The first-order chi connectivity index (χ1) is 11.4. The van der Waals surface area contributed by atoms with Crippen LogP contribution < -0.4 is 4.90 Å². The molecule has 0 saturated carbocycles. The number of anilines is 1. The summed E-state index contributed by atoms with van der Waals surface area (Å²) in [6.45, 7) is 5.73. The number of esters is 2. The number of hydrogen-bond donors (Lipinski definition) is 1. The van der Waals surface area contributed by atoms with Gasteiger partial charge in [-0.3, -0.25) is 0 Å². The van der Waals surface area contributed by atoms with Gasteiger partial charge in [-0.1, -0.05) is 0 Å². The molecule has 1 aromatic rings. The van der Waals surface area contributed by atoms with E-state index in [1.165, 1.54) is 19.9 Å². The number of carbonyl (C=O) groups is 2. The third kappa shape index (κ3) is 3.35. The largest absolute Gasteiger partial charge is 0.507 e. The van der Waals surface area contributed by atoms with Gasteiger partial charge in [0.1, 0.15) is 11.3 Å². The van der Waals surface area contributed by atoms with Gasteiger partial charge < -0.3 is 24.2 Å². The van der Waals surface area contributed by atoms with Gasteiger partial charge in [-0.25, -0.2) is 9.59 Å². The molecule has 0 bridgehead atoms. The topological polar surface area (TPSA) is 85.3 Å². The van der Waals surface area contributed by atoms with Crippen LogP contribution in [0.3, 0.4) is 0 Å². The lowest BCUT2D eigenvalue weighted by molar-refractivity contribution is -0.222. The first-order valence-corrected chi connectivity index (χ1v) is 7.70. The molecule has 24 heavy (non-hydrogen) atoms. The van der Waals surface area contributed by atoms with Crippen LogP contribution in [0.2, 0.25) is 0 Å². The molecule has 0 atom stereocenters. The van der Waals surface area contributed by atoms with E-state index in [9.17, 15) is 14.7 Å². The monoisotopic (exact) mass is 333 g/mol. The number of rotatable bonds is 2. The van der Waals surface area contributed by atoms with E-state index in [4.69, 9.17) is 14.2 Å². The zero-order chi connectivity index (χ0) is 17.3. The smallest absolute Gasteiger partial charge is 0.348 e. The minimum absolute atomic E-state index is 0.0306. The lowest BCUT2D eigenvalue weighted by atomic mass is 10.1. The highest BCUT2D eigenvalue weighted by Gasteiger charge is 2.38. The average molecular weight is 333 g/mol. The molecular formula is C17H19NO6. The lowest BCUT2D eigenvalue weighted by Gasteiger charge is -2.30. The molecule has 0 aromatic heterocycles. The van der Waals surface area contributed by atoms with Gasteiger partial charge >= 0.3 is 11.9 Å². The fourth-order valence-corrected chi connectivity index (χ4v) is 2.61. The highest BCUT2D eigenvalue weighted by Crippen LogP contribution is 2.29. The fraction of sp³-hybridized carbons (Fsp3) is 0.412. The van der Waals surface area contributed by atoms with Crippen molar-refractivity contribution in [3.63, 3.8) is 0 Å². The van der Waals surface area contributed by atoms with Crippen molar-refractivity contribution in [2.75, 3.05) is 31.2 Å². The first kappa shape index (κ1) is 16.3. The second-order valence-corrected chi connectivity index (χ2v) is 6.08. The van der Waals surface area contributed by atoms with Crippen molar-refractivity contribution in [3.05, 3.63) is 29.3 Å². The van der Waals surface area contributed by atoms with Crippen molar-refractivity contribution >= 4 is 23.7 Å². The number of phenolic OH excluding ortho intramolecular Hbond substituents is 1. The summed E-state index contributed by atoms with van der Waals surface area (Å²) in [6.07, 6.45) is 1.28. The van der Waals surface area contributed by atoms with E-state index < -0.39 is 17.7 Å². The third-order valence-electron chi connectivity index (χ3n) is 3.81. The summed E-state index contributed by atoms with van der Waals surface area (Å²) >= 11 is 0. The van der Waals surface area contributed by atoms with Gasteiger partial charge in [0.25, 0.3) is 5.79 Å². The van der Waals surface area contributed by atoms with E-state index in [0.717, 1.165) is 18.8 Å². The number of benzene rings is 1. The maximum atomic E-state index is 12.0. The van der Waals surface area contributed by atoms with Gasteiger partial charge in [0.15, 0.2) is 0 Å². The Hall–Kier alpha value is -2.54. The number of morpholine rings is 1. The number of cyclic esters (lactones) is 2. The maximum Gasteiger partial charge on any atom is 0.348 e. The molecule has 128 valence electrons. The predicted molar refractivity (Wildman–Crippen MR) is 85.4 cm³/mol. The summed E-state index contributed by atoms with van der Waals surface area (Å²) < 4.78 is 15.4. The zero-order valence-electron chi connectivity index (χ0n) is 13.6. The lowest BCUT2D eigenvalue weighted by Crippen LogP contribution is -2.41. The second-order valence-electron chi connectivity index (χ2n) is 6.08. The summed E-state index contributed by atoms with van der Waals surface area (Å²) in [5.41, 5.74) is 0.951. The Morgan fingerprint density at radius 2 is 1.75 bits per heavy atom. The molecule has 3 rings (SSSR count). The third-order valence-corrected chi connectivity index (χ3v) is 3.81. The average Bonchev–Trinajstić information content (AvgIpc) is 2.52. The normalized spacial score (nSPS) is 20.4. The molecule has 2 saturated heterocycles. The van der Waals surface area contributed by atoms with Crippen LogP contribution in [0, 0.1) is 0 Å². The molecule has 7 heteroatoms. The molecule has 1 aromatic carbocycles. The summed E-state index contributed by atoms with van der Waals surface area (Å²) in [4.78, 5) is 26.0. The van der Waals surface area contributed by atoms with Crippen LogP contribution >= 0.6 is 0 Å². The molecule has 0 unspecified atom stereocenters. The minimum atomic E-state index is -1.28. The Balaban J connectivity index is 1.85. The molecular weight excluding hydrogens is 314 g/mol. The van der Waals surface area contributed by atoms with E-state index >= 15 is 0 Å². The van der Waals surface area contributed by atoms with Crippen molar-refractivity contribution in [1.29, 1.82) is 0 Å². The Morgan fingerprint density at radius 1 is 1.12 bits per heavy atom. The van der Waals surface area contributed by atoms with E-state index in [1.54, 1.807) is 12.1 Å². The molecule has 2 aliphatic rings. The molecule has 0 aliphatic carbocycles.